The minimum absolute atomic E-state index is 0.0180. The molecule has 110 valence electrons. The number of carbonyl (C=O) groups excluding carboxylic acids is 1. The van der Waals surface area contributed by atoms with Gasteiger partial charge in [-0.25, -0.2) is 0 Å². The summed E-state index contributed by atoms with van der Waals surface area (Å²) in [7, 11) is 0. The van der Waals surface area contributed by atoms with Gasteiger partial charge in [0, 0.05) is 11.6 Å². The Balaban J connectivity index is 2.06. The Morgan fingerprint density at radius 1 is 1.55 bits per heavy atom. The molecule has 1 aromatic carbocycles. The SMILES string of the molecule is CCCC1(C(=O)N[C@@H](C)c2cccc(Cl)c2)CCNC1. The standard InChI is InChI=1S/C16H23ClN2O/c1-3-7-16(8-9-18-11-16)15(20)19-12(2)13-5-4-6-14(17)10-13/h4-6,10,12,18H,3,7-9,11H2,1-2H3,(H,19,20)/t12-,16?/m0/s1. The van der Waals surface area contributed by atoms with E-state index in [1.807, 2.05) is 31.2 Å². The van der Waals surface area contributed by atoms with E-state index in [2.05, 4.69) is 17.6 Å². The molecule has 2 atom stereocenters. The van der Waals surface area contributed by atoms with Gasteiger partial charge in [-0.05, 0) is 44.0 Å². The maximum atomic E-state index is 12.6. The highest BCUT2D eigenvalue weighted by Crippen LogP contribution is 2.32. The van der Waals surface area contributed by atoms with Crippen molar-refractivity contribution in [2.75, 3.05) is 13.1 Å². The first kappa shape index (κ1) is 15.3. The van der Waals surface area contributed by atoms with E-state index in [4.69, 9.17) is 11.6 Å². The van der Waals surface area contributed by atoms with Gasteiger partial charge in [0.15, 0.2) is 0 Å². The maximum Gasteiger partial charge on any atom is 0.228 e. The van der Waals surface area contributed by atoms with Gasteiger partial charge in [0.1, 0.15) is 0 Å². The molecular formula is C16H23ClN2O. The lowest BCUT2D eigenvalue weighted by atomic mass is 9.81. The van der Waals surface area contributed by atoms with Gasteiger partial charge in [0.25, 0.3) is 0 Å². The molecule has 2 N–H and O–H groups in total. The van der Waals surface area contributed by atoms with Crippen molar-refractivity contribution in [3.8, 4) is 0 Å². The van der Waals surface area contributed by atoms with Crippen LogP contribution in [-0.4, -0.2) is 19.0 Å². The fourth-order valence-electron chi connectivity index (χ4n) is 2.95. The first-order chi connectivity index (χ1) is 9.57. The molecule has 1 unspecified atom stereocenters. The molecule has 20 heavy (non-hydrogen) atoms. The van der Waals surface area contributed by atoms with Crippen LogP contribution >= 0.6 is 11.6 Å². The highest BCUT2D eigenvalue weighted by molar-refractivity contribution is 6.30. The number of benzene rings is 1. The Kier molecular flexibility index (Phi) is 5.06. The van der Waals surface area contributed by atoms with Crippen molar-refractivity contribution in [2.45, 2.75) is 39.2 Å². The summed E-state index contributed by atoms with van der Waals surface area (Å²) in [4.78, 5) is 12.6. The molecule has 4 heteroatoms. The van der Waals surface area contributed by atoms with Gasteiger partial charge in [-0.3, -0.25) is 4.79 Å². The van der Waals surface area contributed by atoms with Crippen LogP contribution in [-0.2, 0) is 4.79 Å². The van der Waals surface area contributed by atoms with Crippen LogP contribution in [0, 0.1) is 5.41 Å². The van der Waals surface area contributed by atoms with Crippen molar-refractivity contribution in [2.24, 2.45) is 5.41 Å². The monoisotopic (exact) mass is 294 g/mol. The minimum Gasteiger partial charge on any atom is -0.349 e. The second-order valence-electron chi connectivity index (χ2n) is 5.71. The van der Waals surface area contributed by atoms with Crippen LogP contribution in [0.3, 0.4) is 0 Å². The summed E-state index contributed by atoms with van der Waals surface area (Å²) in [6, 6.07) is 7.65. The van der Waals surface area contributed by atoms with Crippen LogP contribution in [0.15, 0.2) is 24.3 Å². The molecule has 0 bridgehead atoms. The summed E-state index contributed by atoms with van der Waals surface area (Å²) in [6.07, 6.45) is 2.89. The second kappa shape index (κ2) is 6.59. The quantitative estimate of drug-likeness (QED) is 0.875. The third-order valence-corrected chi connectivity index (χ3v) is 4.39. The van der Waals surface area contributed by atoms with Crippen LogP contribution in [0.1, 0.15) is 44.7 Å². The lowest BCUT2D eigenvalue weighted by Gasteiger charge is -2.28. The largest absolute Gasteiger partial charge is 0.349 e. The zero-order valence-corrected chi connectivity index (χ0v) is 13.0. The average molecular weight is 295 g/mol. The van der Waals surface area contributed by atoms with Crippen molar-refractivity contribution < 1.29 is 4.79 Å². The van der Waals surface area contributed by atoms with Crippen molar-refractivity contribution in [1.29, 1.82) is 0 Å². The number of hydrogen-bond donors (Lipinski definition) is 2. The zero-order chi connectivity index (χ0) is 14.6. The lowest BCUT2D eigenvalue weighted by molar-refractivity contribution is -0.131. The van der Waals surface area contributed by atoms with Gasteiger partial charge in [-0.1, -0.05) is 37.1 Å². The summed E-state index contributed by atoms with van der Waals surface area (Å²) in [5, 5.41) is 7.18. The summed E-state index contributed by atoms with van der Waals surface area (Å²) in [5.74, 6) is 0.164. The van der Waals surface area contributed by atoms with E-state index in [0.717, 1.165) is 37.9 Å². The lowest BCUT2D eigenvalue weighted by Crippen LogP contribution is -2.43. The number of carbonyl (C=O) groups is 1. The molecule has 0 radical (unpaired) electrons. The first-order valence-electron chi connectivity index (χ1n) is 7.34. The molecular weight excluding hydrogens is 272 g/mol. The topological polar surface area (TPSA) is 41.1 Å². The zero-order valence-electron chi connectivity index (χ0n) is 12.2. The van der Waals surface area contributed by atoms with Gasteiger partial charge in [0.2, 0.25) is 5.91 Å². The van der Waals surface area contributed by atoms with Crippen molar-refractivity contribution in [3.63, 3.8) is 0 Å². The second-order valence-corrected chi connectivity index (χ2v) is 6.14. The Bertz CT molecular complexity index is 469. The molecule has 2 rings (SSSR count). The molecule has 3 nitrogen and oxygen atoms in total. The van der Waals surface area contributed by atoms with Gasteiger partial charge < -0.3 is 10.6 Å². The number of nitrogens with one attached hydrogen (secondary N) is 2. The summed E-state index contributed by atoms with van der Waals surface area (Å²) in [5.41, 5.74) is 0.810. The van der Waals surface area contributed by atoms with Gasteiger partial charge in [-0.2, -0.15) is 0 Å². The Labute approximate surface area is 126 Å². The number of rotatable bonds is 5. The van der Waals surface area contributed by atoms with E-state index in [1.165, 1.54) is 0 Å². The third-order valence-electron chi connectivity index (χ3n) is 4.15. The Morgan fingerprint density at radius 3 is 2.95 bits per heavy atom. The molecule has 1 heterocycles. The number of amides is 1. The normalized spacial score (nSPS) is 23.6. The van der Waals surface area contributed by atoms with Crippen LogP contribution in [0.2, 0.25) is 5.02 Å². The first-order valence-corrected chi connectivity index (χ1v) is 7.72. The summed E-state index contributed by atoms with van der Waals surface area (Å²) >= 11 is 6.01. The molecule has 0 aromatic heterocycles. The summed E-state index contributed by atoms with van der Waals surface area (Å²) < 4.78 is 0. The van der Waals surface area contributed by atoms with E-state index in [9.17, 15) is 4.79 Å². The fraction of sp³-hybridized carbons (Fsp3) is 0.562. The van der Waals surface area contributed by atoms with E-state index < -0.39 is 0 Å². The van der Waals surface area contributed by atoms with E-state index in [1.54, 1.807) is 0 Å². The molecule has 1 aliphatic heterocycles. The Morgan fingerprint density at radius 2 is 2.35 bits per heavy atom. The van der Waals surface area contributed by atoms with Crippen LogP contribution in [0.5, 0.6) is 0 Å². The van der Waals surface area contributed by atoms with Crippen LogP contribution in [0.25, 0.3) is 0 Å². The maximum absolute atomic E-state index is 12.6. The minimum atomic E-state index is -0.235. The molecule has 1 aromatic rings. The third kappa shape index (κ3) is 3.33. The van der Waals surface area contributed by atoms with Crippen LogP contribution in [0.4, 0.5) is 0 Å². The fourth-order valence-corrected chi connectivity index (χ4v) is 3.15. The molecule has 0 saturated carbocycles. The molecule has 1 aliphatic rings. The van der Waals surface area contributed by atoms with Crippen molar-refractivity contribution in [3.05, 3.63) is 34.9 Å². The summed E-state index contributed by atoms with van der Waals surface area (Å²) in [6.45, 7) is 5.85. The number of halogens is 1. The van der Waals surface area contributed by atoms with E-state index >= 15 is 0 Å². The average Bonchev–Trinajstić information content (AvgIpc) is 2.89. The van der Waals surface area contributed by atoms with Crippen molar-refractivity contribution >= 4 is 17.5 Å². The molecule has 0 aliphatic carbocycles. The molecule has 0 spiro atoms. The predicted octanol–water partition coefficient (Wildman–Crippen LogP) is 3.30. The molecule has 1 fully saturated rings. The van der Waals surface area contributed by atoms with E-state index in [-0.39, 0.29) is 17.4 Å². The Hall–Kier alpha value is -1.06. The van der Waals surface area contributed by atoms with Crippen LogP contribution < -0.4 is 10.6 Å². The number of hydrogen-bond acceptors (Lipinski definition) is 2. The van der Waals surface area contributed by atoms with Gasteiger partial charge in [-0.15, -0.1) is 0 Å². The van der Waals surface area contributed by atoms with Gasteiger partial charge in [0.05, 0.1) is 11.5 Å². The molecule has 1 amide bonds. The highest BCUT2D eigenvalue weighted by atomic mass is 35.5. The van der Waals surface area contributed by atoms with Gasteiger partial charge >= 0.3 is 0 Å². The van der Waals surface area contributed by atoms with Crippen molar-refractivity contribution in [1.82, 2.24) is 10.6 Å². The van der Waals surface area contributed by atoms with E-state index in [0.29, 0.717) is 5.02 Å². The highest BCUT2D eigenvalue weighted by Gasteiger charge is 2.40. The smallest absolute Gasteiger partial charge is 0.228 e. The molecule has 1 saturated heterocycles. The predicted molar refractivity (Wildman–Crippen MR) is 82.8 cm³/mol.